The minimum absolute atomic E-state index is 0.620. The van der Waals surface area contributed by atoms with Gasteiger partial charge in [0, 0.05) is 0 Å². The third-order valence-corrected chi connectivity index (χ3v) is 2.43. The van der Waals surface area contributed by atoms with Crippen LogP contribution in [-0.2, 0) is 0 Å². The average Bonchev–Trinajstić information content (AvgIpc) is 2.69. The molecule has 0 bridgehead atoms. The molecule has 1 aliphatic rings. The monoisotopic (exact) mass is 501 g/mol. The molecule has 118 valence electrons. The summed E-state index contributed by atoms with van der Waals surface area (Å²) >= 11 is 0. The summed E-state index contributed by atoms with van der Waals surface area (Å²) in [5.74, 6) is 0. The van der Waals surface area contributed by atoms with Crippen LogP contribution >= 0.6 is 53.0 Å². The zero-order chi connectivity index (χ0) is 15.9. The van der Waals surface area contributed by atoms with Gasteiger partial charge in [-0.1, -0.05) is 0 Å². The Morgan fingerprint density at radius 3 is 1.05 bits per heavy atom. The van der Waals surface area contributed by atoms with Crippen LogP contribution in [0, 0.1) is 0 Å². The molecule has 1 saturated carbocycles. The Morgan fingerprint density at radius 1 is 0.789 bits per heavy atom. The molecule has 0 aromatic rings. The fraction of sp³-hybridized carbons (Fsp3) is 0.889. The van der Waals surface area contributed by atoms with Gasteiger partial charge in [-0.3, -0.25) is 9.80 Å². The van der Waals surface area contributed by atoms with Gasteiger partial charge < -0.3 is 0 Å². The molecule has 0 aromatic carbocycles. The molecule has 19 heavy (non-hydrogen) atoms. The summed E-state index contributed by atoms with van der Waals surface area (Å²) in [6.07, 6.45) is 0. The Morgan fingerprint density at radius 2 is 1.00 bits per heavy atom. The Kier molecular flexibility index (Phi) is 6.66. The Balaban J connectivity index is 0.000000399. The molecule has 0 N–H and O–H groups in total. The zero-order valence-corrected chi connectivity index (χ0v) is 18.8. The van der Waals surface area contributed by atoms with E-state index in [1.807, 2.05) is 0 Å². The molecule has 0 spiro atoms. The van der Waals surface area contributed by atoms with E-state index in [-0.39, 0.29) is 0 Å². The van der Waals surface area contributed by atoms with Crippen molar-refractivity contribution < 1.29 is 4.58 Å². The van der Waals surface area contributed by atoms with Crippen LogP contribution in [0.2, 0.25) is 0 Å². The first-order chi connectivity index (χ1) is 7.91. The number of rotatable bonds is 2. The zero-order valence-electron chi connectivity index (χ0n) is 11.7. The molecule has 0 heterocycles. The van der Waals surface area contributed by atoms with Crippen molar-refractivity contribution in [3.63, 3.8) is 0 Å². The van der Waals surface area contributed by atoms with Crippen LogP contribution in [0.3, 0.4) is 0 Å². The summed E-state index contributed by atoms with van der Waals surface area (Å²) in [7, 11) is 37.8. The molecule has 2 unspecified atom stereocenters. The fourth-order valence-corrected chi connectivity index (χ4v) is 1.85. The van der Waals surface area contributed by atoms with E-state index in [0.29, 0.717) is 12.1 Å². The fourth-order valence-electron chi connectivity index (χ4n) is 1.85. The van der Waals surface area contributed by atoms with E-state index in [9.17, 15) is 0 Å². The Labute approximate surface area is 135 Å². The normalized spacial score (nSPS) is 26.5. The van der Waals surface area contributed by atoms with Crippen molar-refractivity contribution in [2.45, 2.75) is 12.1 Å². The van der Waals surface area contributed by atoms with Crippen LogP contribution in [0.25, 0.3) is 0 Å². The van der Waals surface area contributed by atoms with E-state index in [0.717, 1.165) is 0 Å². The van der Waals surface area contributed by atoms with Crippen LogP contribution in [-0.4, -0.2) is 83.6 Å². The van der Waals surface area contributed by atoms with Gasteiger partial charge >= 0.3 is 62.1 Å². The molecule has 0 aliphatic heterocycles. The first-order valence-corrected chi connectivity index (χ1v) is 24.7. The van der Waals surface area contributed by atoms with Gasteiger partial charge in [0.25, 0.3) is 0 Å². The van der Waals surface area contributed by atoms with Crippen molar-refractivity contribution in [1.82, 2.24) is 9.80 Å². The van der Waals surface area contributed by atoms with Gasteiger partial charge in [-0.05, 0) is 28.2 Å². The molecule has 1 fully saturated rings. The maximum atomic E-state index is 5.06. The van der Waals surface area contributed by atoms with Gasteiger partial charge in [-0.25, -0.2) is 4.58 Å². The summed E-state index contributed by atoms with van der Waals surface area (Å²) in [4.78, 5) is 4.56. The van der Waals surface area contributed by atoms with E-state index >= 15 is 0 Å². The number of hydrogen-bond acceptors (Lipinski definition) is 2. The van der Waals surface area contributed by atoms with Gasteiger partial charge in [0.2, 0.25) is 0 Å². The van der Waals surface area contributed by atoms with E-state index in [2.05, 4.69) is 56.7 Å². The first-order valence-electron chi connectivity index (χ1n) is 5.35. The van der Waals surface area contributed by atoms with E-state index in [1.165, 1.54) is 5.71 Å². The van der Waals surface area contributed by atoms with E-state index < -0.39 is 9.14 Å². The molecular formula is C9H20Cl6N3Sb. The van der Waals surface area contributed by atoms with Crippen molar-refractivity contribution >= 4 is 67.8 Å². The molecular weight excluding hydrogens is 485 g/mol. The topological polar surface area (TPSA) is 9.49 Å². The predicted octanol–water partition coefficient (Wildman–Crippen LogP) is 3.33. The van der Waals surface area contributed by atoms with E-state index in [4.69, 9.17) is 53.0 Å². The van der Waals surface area contributed by atoms with Gasteiger partial charge in [-0.2, -0.15) is 0 Å². The summed E-state index contributed by atoms with van der Waals surface area (Å²) in [5, 5.41) is 0. The van der Waals surface area contributed by atoms with Crippen LogP contribution in [0.5, 0.6) is 0 Å². The summed E-state index contributed by atoms with van der Waals surface area (Å²) < 4.78 is 2.23. The van der Waals surface area contributed by atoms with Crippen molar-refractivity contribution in [2.75, 3.05) is 42.3 Å². The van der Waals surface area contributed by atoms with Gasteiger partial charge in [0.15, 0.2) is 5.71 Å². The third kappa shape index (κ3) is 11.4. The van der Waals surface area contributed by atoms with Gasteiger partial charge in [-0.15, -0.1) is 0 Å². The minimum atomic E-state index is -5.42. The van der Waals surface area contributed by atoms with Gasteiger partial charge in [0.1, 0.15) is 26.2 Å². The quantitative estimate of drug-likeness (QED) is 0.422. The number of hydrogen-bond donors (Lipinski definition) is 0. The van der Waals surface area contributed by atoms with Crippen molar-refractivity contribution in [1.29, 1.82) is 0 Å². The van der Waals surface area contributed by atoms with Crippen molar-refractivity contribution in [3.8, 4) is 0 Å². The summed E-state index contributed by atoms with van der Waals surface area (Å²) in [6, 6.07) is 1.24. The summed E-state index contributed by atoms with van der Waals surface area (Å²) in [5.41, 5.74) is 1.52. The van der Waals surface area contributed by atoms with Crippen molar-refractivity contribution in [2.24, 2.45) is 0 Å². The standard InChI is InChI=1S/C9H20N3.6ClH.Sb/c1-10(2)7-8(11(3)4)9(7)12(5)6;;;;;;;/h7-8H,1-6H3;6*1H;/q+1;;;;;;;+5/p-6. The Hall–Kier alpha value is 2.15. The second kappa shape index (κ2) is 5.98. The van der Waals surface area contributed by atoms with Gasteiger partial charge in [0.05, 0.1) is 0 Å². The predicted molar refractivity (Wildman–Crippen MR) is 92.9 cm³/mol. The van der Waals surface area contributed by atoms with Crippen LogP contribution in [0.15, 0.2) is 0 Å². The number of likely N-dealkylation sites (N-methyl/N-ethyl adjacent to an activating group) is 2. The number of nitrogens with zero attached hydrogens (tertiary/aromatic N) is 3. The van der Waals surface area contributed by atoms with Crippen LogP contribution < -0.4 is 0 Å². The van der Waals surface area contributed by atoms with E-state index in [1.54, 1.807) is 0 Å². The molecule has 1 rings (SSSR count). The average molecular weight is 505 g/mol. The molecule has 0 amide bonds. The molecule has 0 aromatic heterocycles. The maximum absolute atomic E-state index is 5.42. The molecule has 10 heteroatoms. The SMILES string of the molecule is CN(C)C1C(=[N+](C)C)C1N(C)C.[Cl][Sb-]([Cl])([Cl])([Cl])([Cl])[Cl]. The third-order valence-electron chi connectivity index (χ3n) is 2.43. The summed E-state index contributed by atoms with van der Waals surface area (Å²) in [6.45, 7) is 0. The molecule has 0 saturated heterocycles. The molecule has 3 nitrogen and oxygen atoms in total. The second-order valence-electron chi connectivity index (χ2n) is 5.09. The molecule has 0 radical (unpaired) electrons. The Bertz CT molecular complexity index is 340. The van der Waals surface area contributed by atoms with Crippen molar-refractivity contribution in [3.05, 3.63) is 0 Å². The second-order valence-corrected chi connectivity index (χ2v) is 62.0. The molecule has 2 atom stereocenters. The van der Waals surface area contributed by atoms with Crippen LogP contribution in [0.1, 0.15) is 0 Å². The number of halogens is 6. The molecule has 1 aliphatic carbocycles. The van der Waals surface area contributed by atoms with Crippen LogP contribution in [0.4, 0.5) is 0 Å². The first kappa shape index (κ1) is 21.1.